The topological polar surface area (TPSA) is 67.8 Å². The fourth-order valence-electron chi connectivity index (χ4n) is 2.03. The van der Waals surface area contributed by atoms with Crippen LogP contribution in [0.3, 0.4) is 0 Å². The number of carbonyl (C=O) groups is 1. The van der Waals surface area contributed by atoms with Crippen LogP contribution in [0.4, 0.5) is 0 Å². The van der Waals surface area contributed by atoms with E-state index in [4.69, 9.17) is 9.47 Å². The van der Waals surface area contributed by atoms with Gasteiger partial charge in [-0.25, -0.2) is 0 Å². The van der Waals surface area contributed by atoms with Crippen molar-refractivity contribution in [3.63, 3.8) is 0 Å². The van der Waals surface area contributed by atoms with Crippen molar-refractivity contribution in [1.29, 1.82) is 0 Å². The highest BCUT2D eigenvalue weighted by atomic mass is 79.9. The van der Waals surface area contributed by atoms with Crippen molar-refractivity contribution in [1.82, 2.24) is 5.32 Å². The summed E-state index contributed by atoms with van der Waals surface area (Å²) in [6.07, 6.45) is 0. The molecule has 1 unspecified atom stereocenters. The number of halogens is 1. The number of carboxylic acids is 1. The van der Waals surface area contributed by atoms with Gasteiger partial charge in [0, 0.05) is 16.6 Å². The molecule has 5 nitrogen and oxygen atoms in total. The lowest BCUT2D eigenvalue weighted by Gasteiger charge is -2.21. The number of benzene rings is 1. The summed E-state index contributed by atoms with van der Waals surface area (Å²) < 4.78 is 11.8. The Balaban J connectivity index is 3.03. The first-order valence-electron chi connectivity index (χ1n) is 6.86. The van der Waals surface area contributed by atoms with Crippen LogP contribution in [-0.4, -0.2) is 30.8 Å². The van der Waals surface area contributed by atoms with Crippen LogP contribution in [0.1, 0.15) is 26.3 Å². The molecule has 0 bridgehead atoms. The minimum Gasteiger partial charge on any atom is -0.493 e. The van der Waals surface area contributed by atoms with Gasteiger partial charge in [-0.3, -0.25) is 10.1 Å². The van der Waals surface area contributed by atoms with Gasteiger partial charge in [-0.2, -0.15) is 0 Å². The van der Waals surface area contributed by atoms with Crippen LogP contribution >= 0.6 is 15.9 Å². The van der Waals surface area contributed by atoms with E-state index in [2.05, 4.69) is 21.2 Å². The molecule has 1 aromatic carbocycles. The smallest absolute Gasteiger partial charge is 0.320 e. The number of carboxylic acid groups (broad SMARTS) is 1. The number of ether oxygens (including phenoxy) is 2. The Hall–Kier alpha value is -1.27. The van der Waals surface area contributed by atoms with E-state index < -0.39 is 12.0 Å². The number of nitrogens with one attached hydrogen (secondary N) is 1. The Morgan fingerprint density at radius 3 is 2.57 bits per heavy atom. The fraction of sp³-hybridized carbons (Fsp3) is 0.533. The Bertz CT molecular complexity index is 491. The lowest BCUT2D eigenvalue weighted by atomic mass is 10.0. The van der Waals surface area contributed by atoms with Gasteiger partial charge < -0.3 is 14.6 Å². The standard InChI is InChI=1S/C15H22BrNO4/c1-5-21-14-10(11(16)6-7-12(14)20-4)8-17-13(9(2)3)15(18)19/h6-7,9,13,17H,5,8H2,1-4H3,(H,18,19). The van der Waals surface area contributed by atoms with Crippen molar-refractivity contribution in [2.24, 2.45) is 5.92 Å². The summed E-state index contributed by atoms with van der Waals surface area (Å²) in [5.74, 6) is 0.396. The second-order valence-corrected chi connectivity index (χ2v) is 5.79. The summed E-state index contributed by atoms with van der Waals surface area (Å²) in [7, 11) is 1.58. The third-order valence-corrected chi connectivity index (χ3v) is 3.85. The number of hydrogen-bond acceptors (Lipinski definition) is 4. The molecule has 0 aliphatic carbocycles. The molecular weight excluding hydrogens is 338 g/mol. The highest BCUT2D eigenvalue weighted by Crippen LogP contribution is 2.36. The van der Waals surface area contributed by atoms with Crippen LogP contribution in [0.25, 0.3) is 0 Å². The van der Waals surface area contributed by atoms with E-state index in [9.17, 15) is 9.90 Å². The van der Waals surface area contributed by atoms with Gasteiger partial charge in [-0.1, -0.05) is 29.8 Å². The SMILES string of the molecule is CCOc1c(OC)ccc(Br)c1CNC(C(=O)O)C(C)C. The van der Waals surface area contributed by atoms with Crippen LogP contribution in [0.2, 0.25) is 0 Å². The van der Waals surface area contributed by atoms with Gasteiger partial charge in [-0.15, -0.1) is 0 Å². The van der Waals surface area contributed by atoms with Crippen molar-refractivity contribution in [3.05, 3.63) is 22.2 Å². The molecule has 1 rings (SSSR count). The van der Waals surface area contributed by atoms with E-state index in [0.717, 1.165) is 10.0 Å². The first-order chi connectivity index (χ1) is 9.92. The Labute approximate surface area is 133 Å². The molecule has 0 heterocycles. The summed E-state index contributed by atoms with van der Waals surface area (Å²) in [6, 6.07) is 3.07. The van der Waals surface area contributed by atoms with E-state index in [1.54, 1.807) is 7.11 Å². The van der Waals surface area contributed by atoms with Gasteiger partial charge in [0.05, 0.1) is 13.7 Å². The number of rotatable bonds is 8. The maximum Gasteiger partial charge on any atom is 0.320 e. The average Bonchev–Trinajstić information content (AvgIpc) is 2.41. The summed E-state index contributed by atoms with van der Waals surface area (Å²) in [6.45, 7) is 6.52. The minimum atomic E-state index is -0.859. The van der Waals surface area contributed by atoms with Crippen molar-refractivity contribution in [3.8, 4) is 11.5 Å². The largest absolute Gasteiger partial charge is 0.493 e. The van der Waals surface area contributed by atoms with Crippen molar-refractivity contribution < 1.29 is 19.4 Å². The number of hydrogen-bond donors (Lipinski definition) is 2. The van der Waals surface area contributed by atoms with E-state index in [-0.39, 0.29) is 5.92 Å². The molecule has 0 aliphatic heterocycles. The summed E-state index contributed by atoms with van der Waals surface area (Å²) in [5.41, 5.74) is 0.850. The van der Waals surface area contributed by atoms with Gasteiger partial charge in [-0.05, 0) is 25.0 Å². The Morgan fingerprint density at radius 2 is 2.10 bits per heavy atom. The summed E-state index contributed by atoms with van der Waals surface area (Å²) >= 11 is 3.48. The first-order valence-corrected chi connectivity index (χ1v) is 7.66. The van der Waals surface area contributed by atoms with Crippen LogP contribution in [0, 0.1) is 5.92 Å². The second-order valence-electron chi connectivity index (χ2n) is 4.93. The molecule has 0 aromatic heterocycles. The zero-order chi connectivity index (χ0) is 16.0. The highest BCUT2D eigenvalue weighted by molar-refractivity contribution is 9.10. The maximum absolute atomic E-state index is 11.3. The van der Waals surface area contributed by atoms with E-state index in [0.29, 0.717) is 24.7 Å². The van der Waals surface area contributed by atoms with Crippen LogP contribution in [-0.2, 0) is 11.3 Å². The lowest BCUT2D eigenvalue weighted by Crippen LogP contribution is -2.40. The normalized spacial score (nSPS) is 12.3. The molecule has 2 N–H and O–H groups in total. The highest BCUT2D eigenvalue weighted by Gasteiger charge is 2.22. The first kappa shape index (κ1) is 17.8. The molecule has 0 saturated heterocycles. The minimum absolute atomic E-state index is 0.0116. The van der Waals surface area contributed by atoms with Gasteiger partial charge in [0.2, 0.25) is 0 Å². The van der Waals surface area contributed by atoms with Crippen molar-refractivity contribution >= 4 is 21.9 Å². The molecule has 21 heavy (non-hydrogen) atoms. The number of aliphatic carboxylic acids is 1. The molecule has 0 spiro atoms. The van der Waals surface area contributed by atoms with Crippen molar-refractivity contribution in [2.45, 2.75) is 33.4 Å². The molecule has 0 fully saturated rings. The van der Waals surface area contributed by atoms with Gasteiger partial charge >= 0.3 is 5.97 Å². The molecule has 0 saturated carbocycles. The van der Waals surface area contributed by atoms with Crippen LogP contribution in [0.5, 0.6) is 11.5 Å². The quantitative estimate of drug-likeness (QED) is 0.746. The molecule has 0 aliphatic rings. The van der Waals surface area contributed by atoms with Crippen LogP contribution < -0.4 is 14.8 Å². The number of methoxy groups -OCH3 is 1. The predicted molar refractivity (Wildman–Crippen MR) is 85.0 cm³/mol. The van der Waals surface area contributed by atoms with E-state index in [1.807, 2.05) is 32.9 Å². The molecule has 1 atom stereocenters. The zero-order valence-corrected chi connectivity index (χ0v) is 14.4. The third-order valence-electron chi connectivity index (χ3n) is 3.11. The molecule has 6 heteroatoms. The fourth-order valence-corrected chi connectivity index (χ4v) is 2.48. The van der Waals surface area contributed by atoms with Gasteiger partial charge in [0.15, 0.2) is 11.5 Å². The predicted octanol–water partition coefficient (Wildman–Crippen LogP) is 3.06. The lowest BCUT2D eigenvalue weighted by molar-refractivity contribution is -0.140. The average molecular weight is 360 g/mol. The second kappa shape index (κ2) is 8.24. The van der Waals surface area contributed by atoms with E-state index >= 15 is 0 Å². The van der Waals surface area contributed by atoms with Gasteiger partial charge in [0.1, 0.15) is 6.04 Å². The molecule has 0 radical (unpaired) electrons. The zero-order valence-electron chi connectivity index (χ0n) is 12.8. The maximum atomic E-state index is 11.3. The Kier molecular flexibility index (Phi) is 6.98. The van der Waals surface area contributed by atoms with Crippen LogP contribution in [0.15, 0.2) is 16.6 Å². The monoisotopic (exact) mass is 359 g/mol. The summed E-state index contributed by atoms with van der Waals surface area (Å²) in [5, 5.41) is 12.3. The molecule has 1 aromatic rings. The van der Waals surface area contributed by atoms with Crippen molar-refractivity contribution in [2.75, 3.05) is 13.7 Å². The van der Waals surface area contributed by atoms with Gasteiger partial charge in [0.25, 0.3) is 0 Å². The molecule has 118 valence electrons. The third kappa shape index (κ3) is 4.61. The molecular formula is C15H22BrNO4. The molecule has 0 amide bonds. The summed E-state index contributed by atoms with van der Waals surface area (Å²) in [4.78, 5) is 11.3. The Morgan fingerprint density at radius 1 is 1.43 bits per heavy atom. The van der Waals surface area contributed by atoms with E-state index in [1.165, 1.54) is 0 Å².